The van der Waals surface area contributed by atoms with Gasteiger partial charge in [0.15, 0.2) is 5.13 Å². The highest BCUT2D eigenvalue weighted by atomic mass is 32.1. The molecule has 2 aromatic rings. The number of nitrogens with zero attached hydrogens (tertiary/aromatic N) is 1. The van der Waals surface area contributed by atoms with Gasteiger partial charge < -0.3 is 5.11 Å². The molecule has 0 bridgehead atoms. The molecule has 1 heterocycles. The van der Waals surface area contributed by atoms with Crippen molar-refractivity contribution < 1.29 is 9.50 Å². The molecule has 1 N–H and O–H groups in total. The van der Waals surface area contributed by atoms with Crippen LogP contribution >= 0.6 is 11.3 Å². The fourth-order valence-corrected chi connectivity index (χ4v) is 3.10. The predicted molar refractivity (Wildman–Crippen MR) is 73.5 cm³/mol. The smallest absolute Gasteiger partial charge is 0.176 e. The van der Waals surface area contributed by atoms with E-state index in [1.165, 1.54) is 6.07 Å². The first-order valence-corrected chi connectivity index (χ1v) is 6.88. The lowest BCUT2D eigenvalue weighted by atomic mass is 9.84. The normalized spacial score (nSPS) is 13.7. The molecule has 2 rings (SSSR count). The first-order chi connectivity index (χ1) is 9.26. The Bertz CT molecular complexity index is 561. The van der Waals surface area contributed by atoms with E-state index in [0.717, 1.165) is 21.8 Å². The molecule has 98 valence electrons. The SMILES string of the molecule is N#C[C@H](c1ccccc1)[C@H](CCO)c1ccc(F)s1. The molecule has 0 amide bonds. The first-order valence-electron chi connectivity index (χ1n) is 6.07. The molecule has 0 aliphatic heterocycles. The standard InChI is InChI=1S/C15H14FNOS/c16-15-7-6-14(19-15)12(8-9-18)13(10-17)11-4-2-1-3-5-11/h1-7,12-13,18H,8-9H2/t12-,13+/m0/s1. The van der Waals surface area contributed by atoms with Gasteiger partial charge in [-0.15, -0.1) is 11.3 Å². The van der Waals surface area contributed by atoms with Gasteiger partial charge in [-0.1, -0.05) is 30.3 Å². The number of aliphatic hydroxyl groups excluding tert-OH is 1. The van der Waals surface area contributed by atoms with Crippen molar-refractivity contribution in [2.24, 2.45) is 0 Å². The van der Waals surface area contributed by atoms with E-state index in [9.17, 15) is 14.8 Å². The summed E-state index contributed by atoms with van der Waals surface area (Å²) in [5.41, 5.74) is 0.900. The Morgan fingerprint density at radius 1 is 1.21 bits per heavy atom. The van der Waals surface area contributed by atoms with Crippen LogP contribution in [0.5, 0.6) is 0 Å². The van der Waals surface area contributed by atoms with Gasteiger partial charge >= 0.3 is 0 Å². The van der Waals surface area contributed by atoms with Crippen molar-refractivity contribution in [3.63, 3.8) is 0 Å². The Morgan fingerprint density at radius 3 is 2.47 bits per heavy atom. The van der Waals surface area contributed by atoms with Gasteiger partial charge in [-0.3, -0.25) is 0 Å². The van der Waals surface area contributed by atoms with Crippen molar-refractivity contribution in [2.75, 3.05) is 6.61 Å². The molecule has 0 aliphatic rings. The minimum absolute atomic E-state index is 0.0187. The van der Waals surface area contributed by atoms with Crippen LogP contribution in [0.15, 0.2) is 42.5 Å². The van der Waals surface area contributed by atoms with Crippen LogP contribution in [0, 0.1) is 16.5 Å². The monoisotopic (exact) mass is 275 g/mol. The van der Waals surface area contributed by atoms with E-state index in [-0.39, 0.29) is 23.6 Å². The van der Waals surface area contributed by atoms with E-state index < -0.39 is 0 Å². The van der Waals surface area contributed by atoms with Gasteiger partial charge in [-0.25, -0.2) is 0 Å². The molecule has 0 unspecified atom stereocenters. The molecule has 19 heavy (non-hydrogen) atoms. The van der Waals surface area contributed by atoms with Gasteiger partial charge in [0.1, 0.15) is 0 Å². The van der Waals surface area contributed by atoms with E-state index in [4.69, 9.17) is 0 Å². The van der Waals surface area contributed by atoms with Crippen LogP contribution in [0.25, 0.3) is 0 Å². The van der Waals surface area contributed by atoms with Crippen LogP contribution in [-0.2, 0) is 0 Å². The molecular weight excluding hydrogens is 261 g/mol. The van der Waals surface area contributed by atoms with Gasteiger partial charge in [-0.2, -0.15) is 9.65 Å². The molecule has 1 aromatic heterocycles. The molecule has 1 aromatic carbocycles. The maximum absolute atomic E-state index is 13.2. The molecule has 0 spiro atoms. The maximum atomic E-state index is 13.2. The zero-order valence-corrected chi connectivity index (χ0v) is 11.1. The quantitative estimate of drug-likeness (QED) is 0.905. The number of aliphatic hydroxyl groups is 1. The first kappa shape index (κ1) is 13.7. The number of thiophene rings is 1. The summed E-state index contributed by atoms with van der Waals surface area (Å²) in [4.78, 5) is 0.807. The van der Waals surface area contributed by atoms with Gasteiger partial charge in [0.2, 0.25) is 0 Å². The lowest BCUT2D eigenvalue weighted by Crippen LogP contribution is -2.10. The van der Waals surface area contributed by atoms with Gasteiger partial charge in [0, 0.05) is 17.4 Å². The highest BCUT2D eigenvalue weighted by Crippen LogP contribution is 2.38. The number of rotatable bonds is 5. The fraction of sp³-hybridized carbons (Fsp3) is 0.267. The van der Waals surface area contributed by atoms with Crippen molar-refractivity contribution in [2.45, 2.75) is 18.3 Å². The lowest BCUT2D eigenvalue weighted by molar-refractivity contribution is 0.273. The van der Waals surface area contributed by atoms with Crippen molar-refractivity contribution in [3.8, 4) is 6.07 Å². The van der Waals surface area contributed by atoms with Crippen LogP contribution < -0.4 is 0 Å². The average Bonchev–Trinajstić information content (AvgIpc) is 2.86. The highest BCUT2D eigenvalue weighted by Gasteiger charge is 2.25. The fourth-order valence-electron chi connectivity index (χ4n) is 2.20. The zero-order chi connectivity index (χ0) is 13.7. The van der Waals surface area contributed by atoms with E-state index >= 15 is 0 Å². The number of hydrogen-bond acceptors (Lipinski definition) is 3. The second-order valence-corrected chi connectivity index (χ2v) is 5.34. The number of nitriles is 1. The molecule has 2 atom stereocenters. The number of hydrogen-bond donors (Lipinski definition) is 1. The Hall–Kier alpha value is -1.70. The summed E-state index contributed by atoms with van der Waals surface area (Å²) in [6, 6.07) is 14.8. The Kier molecular flexibility index (Phi) is 4.67. The third-order valence-corrected chi connectivity index (χ3v) is 4.11. The van der Waals surface area contributed by atoms with E-state index in [2.05, 4.69) is 6.07 Å². The molecule has 4 heteroatoms. The van der Waals surface area contributed by atoms with Crippen LogP contribution in [0.2, 0.25) is 0 Å². The van der Waals surface area contributed by atoms with E-state index in [0.29, 0.717) is 6.42 Å². The van der Waals surface area contributed by atoms with Crippen molar-refractivity contribution in [1.29, 1.82) is 5.26 Å². The summed E-state index contributed by atoms with van der Waals surface area (Å²) in [7, 11) is 0. The Labute approximate surface area is 115 Å². The highest BCUT2D eigenvalue weighted by molar-refractivity contribution is 7.10. The molecule has 2 nitrogen and oxygen atoms in total. The average molecular weight is 275 g/mol. The lowest BCUT2D eigenvalue weighted by Gasteiger charge is -2.20. The van der Waals surface area contributed by atoms with Crippen LogP contribution in [0.4, 0.5) is 4.39 Å². The Balaban J connectivity index is 2.34. The Morgan fingerprint density at radius 2 is 1.95 bits per heavy atom. The summed E-state index contributed by atoms with van der Waals surface area (Å²) in [5, 5.41) is 18.4. The number of benzene rings is 1. The predicted octanol–water partition coefficient (Wildman–Crippen LogP) is 3.66. The number of halogens is 1. The van der Waals surface area contributed by atoms with Gasteiger partial charge in [0.25, 0.3) is 0 Å². The van der Waals surface area contributed by atoms with Crippen molar-refractivity contribution in [3.05, 3.63) is 58.0 Å². The third-order valence-electron chi connectivity index (χ3n) is 3.10. The second-order valence-electron chi connectivity index (χ2n) is 4.28. The van der Waals surface area contributed by atoms with Gasteiger partial charge in [-0.05, 0) is 24.1 Å². The summed E-state index contributed by atoms with van der Waals surface area (Å²) < 4.78 is 13.2. The van der Waals surface area contributed by atoms with Crippen LogP contribution in [-0.4, -0.2) is 11.7 Å². The molecule has 0 saturated heterocycles. The minimum Gasteiger partial charge on any atom is -0.396 e. The largest absolute Gasteiger partial charge is 0.396 e. The van der Waals surface area contributed by atoms with Crippen LogP contribution in [0.1, 0.15) is 28.7 Å². The zero-order valence-electron chi connectivity index (χ0n) is 10.3. The maximum Gasteiger partial charge on any atom is 0.176 e. The topological polar surface area (TPSA) is 44.0 Å². The van der Waals surface area contributed by atoms with Gasteiger partial charge in [0.05, 0.1) is 12.0 Å². The van der Waals surface area contributed by atoms with Crippen molar-refractivity contribution in [1.82, 2.24) is 0 Å². The summed E-state index contributed by atoms with van der Waals surface area (Å²) in [5.74, 6) is -0.543. The molecular formula is C15H14FNOS. The molecule has 0 radical (unpaired) electrons. The van der Waals surface area contributed by atoms with E-state index in [1.807, 2.05) is 30.3 Å². The van der Waals surface area contributed by atoms with Crippen molar-refractivity contribution >= 4 is 11.3 Å². The summed E-state index contributed by atoms with van der Waals surface area (Å²) in [6.45, 7) is -0.0187. The molecule has 0 fully saturated rings. The summed E-state index contributed by atoms with van der Waals surface area (Å²) >= 11 is 1.05. The third kappa shape index (κ3) is 3.19. The van der Waals surface area contributed by atoms with E-state index in [1.54, 1.807) is 6.07 Å². The molecule has 0 saturated carbocycles. The minimum atomic E-state index is -0.369. The second kappa shape index (κ2) is 6.46. The molecule has 0 aliphatic carbocycles. The summed E-state index contributed by atoms with van der Waals surface area (Å²) in [6.07, 6.45) is 0.451. The van der Waals surface area contributed by atoms with Crippen LogP contribution in [0.3, 0.4) is 0 Å².